The van der Waals surface area contributed by atoms with Crippen molar-refractivity contribution in [1.29, 1.82) is 0 Å². The second-order valence-corrected chi connectivity index (χ2v) is 12.9. The van der Waals surface area contributed by atoms with E-state index >= 15 is 0 Å². The van der Waals surface area contributed by atoms with Crippen LogP contribution in [0.15, 0.2) is 12.3 Å². The molecule has 230 valence electrons. The molecule has 1 aliphatic carbocycles. The van der Waals surface area contributed by atoms with E-state index in [0.29, 0.717) is 0 Å². The Balaban J connectivity index is 1.89. The van der Waals surface area contributed by atoms with Crippen molar-refractivity contribution in [3.05, 3.63) is 28.7 Å². The summed E-state index contributed by atoms with van der Waals surface area (Å²) in [4.78, 5) is 17.0. The van der Waals surface area contributed by atoms with Gasteiger partial charge in [-0.2, -0.15) is 27.1 Å². The number of rotatable bonds is 10. The van der Waals surface area contributed by atoms with E-state index < -0.39 is 57.2 Å². The van der Waals surface area contributed by atoms with Crippen molar-refractivity contribution in [3.8, 4) is 17.0 Å². The summed E-state index contributed by atoms with van der Waals surface area (Å²) in [5.41, 5.74) is -4.24. The van der Waals surface area contributed by atoms with Crippen molar-refractivity contribution in [3.63, 3.8) is 0 Å². The van der Waals surface area contributed by atoms with Crippen molar-refractivity contribution in [1.82, 2.24) is 20.1 Å². The average Bonchev–Trinajstić information content (AvgIpc) is 3.17. The first-order valence-corrected chi connectivity index (χ1v) is 14.6. The Kier molecular flexibility index (Phi) is 9.62. The lowest BCUT2D eigenvalue weighted by molar-refractivity contribution is -0.211. The second-order valence-electron chi connectivity index (χ2n) is 10.6. The molecule has 17 heteroatoms. The van der Waals surface area contributed by atoms with Crippen molar-refractivity contribution < 1.29 is 45.0 Å². The van der Waals surface area contributed by atoms with Crippen LogP contribution in [-0.2, 0) is 23.0 Å². The first-order valence-electron chi connectivity index (χ1n) is 12.6. The Morgan fingerprint density at radius 1 is 1.32 bits per heavy atom. The van der Waals surface area contributed by atoms with Gasteiger partial charge in [-0.1, -0.05) is 25.4 Å². The van der Waals surface area contributed by atoms with Gasteiger partial charge in [-0.05, 0) is 32.6 Å². The van der Waals surface area contributed by atoms with Crippen LogP contribution in [0.3, 0.4) is 0 Å². The summed E-state index contributed by atoms with van der Waals surface area (Å²) < 4.78 is 95.7. The first kappa shape index (κ1) is 32.9. The number of sulfonamides is 1. The molecule has 4 N–H and O–H groups in total. The quantitative estimate of drug-likeness (QED) is 0.335. The third kappa shape index (κ3) is 7.64. The lowest BCUT2D eigenvalue weighted by atomic mass is 9.84. The SMILES string of the molecule is CCn1nc(C(=O)NCC2(O)CCC(S(N)(=O)=O)CC2)c(Cl)c1-c1cnc(CC(C)(C)C(F)(F)F)cc1OC(F)F. The summed E-state index contributed by atoms with van der Waals surface area (Å²) in [5, 5.41) is 21.6. The number of amides is 1. The van der Waals surface area contributed by atoms with E-state index in [2.05, 4.69) is 20.1 Å². The lowest BCUT2D eigenvalue weighted by Gasteiger charge is -2.35. The highest BCUT2D eigenvalue weighted by Gasteiger charge is 2.47. The van der Waals surface area contributed by atoms with Crippen LogP contribution >= 0.6 is 11.6 Å². The summed E-state index contributed by atoms with van der Waals surface area (Å²) in [5.74, 6) is -1.31. The lowest BCUT2D eigenvalue weighted by Crippen LogP contribution is -2.48. The van der Waals surface area contributed by atoms with Crippen molar-refractivity contribution in [2.75, 3.05) is 6.54 Å². The van der Waals surface area contributed by atoms with E-state index in [1.807, 2.05) is 0 Å². The summed E-state index contributed by atoms with van der Waals surface area (Å²) in [7, 11) is -3.76. The van der Waals surface area contributed by atoms with Gasteiger partial charge in [-0.3, -0.25) is 14.5 Å². The minimum atomic E-state index is -4.59. The molecule has 2 aromatic heterocycles. The number of aliphatic hydroxyl groups is 1. The van der Waals surface area contributed by atoms with E-state index in [1.54, 1.807) is 6.92 Å². The fourth-order valence-electron chi connectivity index (χ4n) is 4.53. The molecule has 0 unspecified atom stereocenters. The van der Waals surface area contributed by atoms with E-state index in [9.17, 15) is 40.3 Å². The molecule has 1 aliphatic rings. The number of hydrogen-bond acceptors (Lipinski definition) is 7. The number of nitrogens with one attached hydrogen (secondary N) is 1. The van der Waals surface area contributed by atoms with Crippen LogP contribution in [-0.4, -0.2) is 64.4 Å². The van der Waals surface area contributed by atoms with Crippen LogP contribution in [0.25, 0.3) is 11.3 Å². The van der Waals surface area contributed by atoms with E-state index in [-0.39, 0.29) is 66.4 Å². The van der Waals surface area contributed by atoms with Gasteiger partial charge in [0.15, 0.2) is 5.69 Å². The van der Waals surface area contributed by atoms with Gasteiger partial charge >= 0.3 is 12.8 Å². The number of alkyl halides is 5. The van der Waals surface area contributed by atoms with Gasteiger partial charge < -0.3 is 15.2 Å². The smallest absolute Gasteiger partial charge is 0.394 e. The number of aromatic nitrogens is 3. The standard InChI is InChI=1S/C24H31ClF5N5O5S/c1-4-35-19(15-11-32-13(9-16(15)40-21(26)27)10-22(2,3)24(28,29)30)17(25)18(34-35)20(36)33-12-23(37)7-5-14(6-8-23)41(31,38)39/h9,11,14,21,37H,4-8,10,12H2,1-3H3,(H,33,36)(H2,31,38,39). The first-order chi connectivity index (χ1) is 18.8. The zero-order valence-electron chi connectivity index (χ0n) is 22.4. The highest BCUT2D eigenvalue weighted by molar-refractivity contribution is 7.89. The van der Waals surface area contributed by atoms with Crippen LogP contribution in [0.2, 0.25) is 5.02 Å². The van der Waals surface area contributed by atoms with Gasteiger partial charge in [0.2, 0.25) is 10.0 Å². The van der Waals surface area contributed by atoms with Gasteiger partial charge in [-0.25, -0.2) is 13.6 Å². The number of halogens is 6. The maximum atomic E-state index is 13.4. The Labute approximate surface area is 238 Å². The molecule has 1 amide bonds. The molecule has 41 heavy (non-hydrogen) atoms. The minimum absolute atomic E-state index is 0.0310. The number of nitrogens with two attached hydrogens (primary N) is 1. The number of carbonyl (C=O) groups excluding carboxylic acids is 1. The number of carbonyl (C=O) groups is 1. The molecule has 3 rings (SSSR count). The molecule has 0 saturated heterocycles. The third-order valence-corrected chi connectivity index (χ3v) is 8.86. The summed E-state index contributed by atoms with van der Waals surface area (Å²) in [6.45, 7) is 0.0578. The zero-order chi connectivity index (χ0) is 31.0. The maximum Gasteiger partial charge on any atom is 0.394 e. The monoisotopic (exact) mass is 631 g/mol. The van der Waals surface area contributed by atoms with E-state index in [4.69, 9.17) is 16.7 Å². The summed E-state index contributed by atoms with van der Waals surface area (Å²) in [6.07, 6.45) is -3.83. The largest absolute Gasteiger partial charge is 0.434 e. The van der Waals surface area contributed by atoms with Crippen molar-refractivity contribution in [2.45, 2.75) is 83.1 Å². The normalized spacial score (nSPS) is 20.3. The summed E-state index contributed by atoms with van der Waals surface area (Å²) in [6, 6.07) is 0.964. The van der Waals surface area contributed by atoms with Crippen molar-refractivity contribution in [2.24, 2.45) is 10.6 Å². The number of primary sulfonamides is 1. The molecule has 0 spiro atoms. The Morgan fingerprint density at radius 3 is 2.44 bits per heavy atom. The van der Waals surface area contributed by atoms with Crippen LogP contribution < -0.4 is 15.2 Å². The number of nitrogens with zero attached hydrogens (tertiary/aromatic N) is 3. The molecule has 0 bridgehead atoms. The molecule has 1 saturated carbocycles. The van der Waals surface area contributed by atoms with Gasteiger partial charge in [0.1, 0.15) is 5.75 Å². The number of ether oxygens (including phenoxy) is 1. The Morgan fingerprint density at radius 2 is 1.93 bits per heavy atom. The Hall–Kier alpha value is -2.56. The molecule has 0 aliphatic heterocycles. The molecule has 0 aromatic carbocycles. The summed E-state index contributed by atoms with van der Waals surface area (Å²) >= 11 is 6.47. The number of hydrogen-bond donors (Lipinski definition) is 3. The van der Waals surface area contributed by atoms with Gasteiger partial charge in [0, 0.05) is 37.5 Å². The van der Waals surface area contributed by atoms with Crippen LogP contribution in [0, 0.1) is 5.41 Å². The molecular formula is C24H31ClF5N5O5S. The predicted molar refractivity (Wildman–Crippen MR) is 139 cm³/mol. The fraction of sp³-hybridized carbons (Fsp3) is 0.625. The highest BCUT2D eigenvalue weighted by atomic mass is 35.5. The predicted octanol–water partition coefficient (Wildman–Crippen LogP) is 4.04. The van der Waals surface area contributed by atoms with Gasteiger partial charge in [0.05, 0.1) is 32.5 Å². The Bertz CT molecular complexity index is 1380. The molecular weight excluding hydrogens is 601 g/mol. The second kappa shape index (κ2) is 12.0. The molecule has 1 fully saturated rings. The van der Waals surface area contributed by atoms with Gasteiger partial charge in [0.25, 0.3) is 5.91 Å². The van der Waals surface area contributed by atoms with E-state index in [0.717, 1.165) is 26.1 Å². The van der Waals surface area contributed by atoms with Crippen LogP contribution in [0.4, 0.5) is 22.0 Å². The van der Waals surface area contributed by atoms with Gasteiger partial charge in [-0.15, -0.1) is 0 Å². The zero-order valence-corrected chi connectivity index (χ0v) is 24.0. The number of pyridine rings is 1. The molecule has 0 radical (unpaired) electrons. The van der Waals surface area contributed by atoms with Crippen LogP contribution in [0.5, 0.6) is 5.75 Å². The molecule has 2 aromatic rings. The van der Waals surface area contributed by atoms with Crippen LogP contribution in [0.1, 0.15) is 62.6 Å². The van der Waals surface area contributed by atoms with Crippen molar-refractivity contribution >= 4 is 27.5 Å². The molecule has 10 nitrogen and oxygen atoms in total. The topological polar surface area (TPSA) is 149 Å². The third-order valence-electron chi connectivity index (χ3n) is 7.10. The highest BCUT2D eigenvalue weighted by Crippen LogP contribution is 2.42. The fourth-order valence-corrected chi connectivity index (χ4v) is 5.75. The maximum absolute atomic E-state index is 13.4. The average molecular weight is 632 g/mol. The van der Waals surface area contributed by atoms with E-state index in [1.165, 1.54) is 4.68 Å². The molecule has 2 heterocycles. The molecule has 0 atom stereocenters. The minimum Gasteiger partial charge on any atom is -0.434 e. The number of aryl methyl sites for hydroxylation is 1.